The fourth-order valence-electron chi connectivity index (χ4n) is 2.52. The first-order valence-corrected chi connectivity index (χ1v) is 8.98. The zero-order chi connectivity index (χ0) is 20.6. The number of carbonyl (C=O) groups is 3. The lowest BCUT2D eigenvalue weighted by Crippen LogP contribution is -2.46. The number of nitrogens with one attached hydrogen (secondary N) is 1. The molecule has 0 aliphatic carbocycles. The number of hydrogen-bond acceptors (Lipinski definition) is 4. The Balaban J connectivity index is 2.83. The van der Waals surface area contributed by atoms with Gasteiger partial charge in [-0.05, 0) is 33.3 Å². The highest BCUT2D eigenvalue weighted by Crippen LogP contribution is 2.18. The number of carboxylic acid groups (broad SMARTS) is 1. The molecule has 0 heterocycles. The summed E-state index contributed by atoms with van der Waals surface area (Å²) >= 11 is 0. The monoisotopic (exact) mass is 378 g/mol. The molecule has 0 fully saturated rings. The quantitative estimate of drug-likeness (QED) is 0.689. The molecule has 0 unspecified atom stereocenters. The van der Waals surface area contributed by atoms with Crippen LogP contribution in [-0.2, 0) is 20.9 Å². The van der Waals surface area contributed by atoms with Gasteiger partial charge in [-0.3, -0.25) is 9.59 Å². The maximum absolute atomic E-state index is 12.7. The van der Waals surface area contributed by atoms with Gasteiger partial charge in [-0.2, -0.15) is 0 Å². The van der Waals surface area contributed by atoms with Gasteiger partial charge in [0.15, 0.2) is 5.78 Å². The van der Waals surface area contributed by atoms with Crippen LogP contribution in [-0.4, -0.2) is 52.6 Å². The van der Waals surface area contributed by atoms with E-state index in [4.69, 9.17) is 9.84 Å². The van der Waals surface area contributed by atoms with Crippen LogP contribution in [0.5, 0.6) is 0 Å². The van der Waals surface area contributed by atoms with Crippen molar-refractivity contribution in [3.05, 3.63) is 35.9 Å². The normalized spacial score (nSPS) is 13.5. The van der Waals surface area contributed by atoms with E-state index in [1.165, 1.54) is 4.90 Å². The number of aliphatic carboxylic acids is 1. The predicted molar refractivity (Wildman–Crippen MR) is 102 cm³/mol. The fraction of sp³-hybridized carbons (Fsp3) is 0.550. The third-order valence-corrected chi connectivity index (χ3v) is 3.99. The zero-order valence-corrected chi connectivity index (χ0v) is 16.7. The van der Waals surface area contributed by atoms with Crippen molar-refractivity contribution in [1.82, 2.24) is 10.2 Å². The number of nitrogens with zero attached hydrogens (tertiary/aromatic N) is 1. The molecule has 2 atom stereocenters. The summed E-state index contributed by atoms with van der Waals surface area (Å²) in [6.07, 6.45) is -0.307. The van der Waals surface area contributed by atoms with E-state index in [0.29, 0.717) is 0 Å². The number of carbonyl (C=O) groups excluding carboxylic acids is 2. The van der Waals surface area contributed by atoms with E-state index < -0.39 is 24.5 Å². The minimum atomic E-state index is -1.14. The smallest absolute Gasteiger partial charge is 0.323 e. The van der Waals surface area contributed by atoms with Gasteiger partial charge in [-0.15, -0.1) is 0 Å². The molecule has 7 nitrogen and oxygen atoms in total. The van der Waals surface area contributed by atoms with Crippen molar-refractivity contribution >= 4 is 17.8 Å². The van der Waals surface area contributed by atoms with Crippen LogP contribution < -0.4 is 5.32 Å². The highest BCUT2D eigenvalue weighted by Gasteiger charge is 2.28. The molecule has 1 rings (SSSR count). The molecule has 0 aliphatic rings. The van der Waals surface area contributed by atoms with Crippen molar-refractivity contribution in [2.45, 2.75) is 52.9 Å². The Morgan fingerprint density at radius 3 is 2.26 bits per heavy atom. The number of benzene rings is 1. The summed E-state index contributed by atoms with van der Waals surface area (Å²) in [5, 5.41) is 11.1. The lowest BCUT2D eigenvalue weighted by Gasteiger charge is -2.30. The van der Waals surface area contributed by atoms with Crippen molar-refractivity contribution in [2.75, 3.05) is 13.1 Å². The lowest BCUT2D eigenvalue weighted by molar-refractivity contribution is -0.135. The maximum Gasteiger partial charge on any atom is 0.323 e. The molecule has 0 aliphatic heterocycles. The van der Waals surface area contributed by atoms with E-state index in [-0.39, 0.29) is 30.6 Å². The summed E-state index contributed by atoms with van der Waals surface area (Å²) < 4.78 is 5.84. The van der Waals surface area contributed by atoms with Gasteiger partial charge in [0.05, 0.1) is 18.2 Å². The molecule has 27 heavy (non-hydrogen) atoms. The number of amides is 2. The highest BCUT2D eigenvalue weighted by molar-refractivity contribution is 5.88. The first kappa shape index (κ1) is 22.6. The number of carboxylic acids is 1. The maximum atomic E-state index is 12.7. The second-order valence-electron chi connectivity index (χ2n) is 7.58. The molecule has 0 aromatic heterocycles. The van der Waals surface area contributed by atoms with Crippen LogP contribution in [0.3, 0.4) is 0 Å². The Morgan fingerprint density at radius 1 is 1.15 bits per heavy atom. The first-order valence-electron chi connectivity index (χ1n) is 8.98. The van der Waals surface area contributed by atoms with Crippen LogP contribution >= 0.6 is 0 Å². The Hall–Kier alpha value is -2.41. The van der Waals surface area contributed by atoms with Crippen molar-refractivity contribution in [3.8, 4) is 0 Å². The minimum Gasteiger partial charge on any atom is -0.480 e. The van der Waals surface area contributed by atoms with Gasteiger partial charge in [0.25, 0.3) is 0 Å². The summed E-state index contributed by atoms with van der Waals surface area (Å²) in [5.74, 6) is -1.70. The second-order valence-corrected chi connectivity index (χ2v) is 7.58. The molecule has 0 saturated heterocycles. The molecule has 0 saturated carbocycles. The third kappa shape index (κ3) is 8.68. The first-order chi connectivity index (χ1) is 12.5. The highest BCUT2D eigenvalue weighted by atomic mass is 16.5. The average Bonchev–Trinajstić information content (AvgIpc) is 2.57. The molecule has 2 N–H and O–H groups in total. The zero-order valence-electron chi connectivity index (χ0n) is 16.7. The van der Waals surface area contributed by atoms with Crippen molar-refractivity contribution < 1.29 is 24.2 Å². The third-order valence-electron chi connectivity index (χ3n) is 3.99. The molecular formula is C20H30N2O5. The summed E-state index contributed by atoms with van der Waals surface area (Å²) in [6, 6.07) is 8.63. The summed E-state index contributed by atoms with van der Waals surface area (Å²) in [6.45, 7) is 8.94. The average molecular weight is 378 g/mol. The number of hydrogen-bond donors (Lipinski definition) is 2. The molecule has 7 heteroatoms. The van der Waals surface area contributed by atoms with E-state index in [2.05, 4.69) is 5.32 Å². The molecule has 0 radical (unpaired) electrons. The standard InChI is InChI=1S/C20H30N2O5/c1-14(15(2)27-20(3,4)5)17(23)13-22(19(26)21-11-18(24)25)12-16-9-7-6-8-10-16/h6-10,14-15H,11-13H2,1-5H3,(H,21,26)(H,24,25)/t14-,15+/m0/s1. The molecular weight excluding hydrogens is 348 g/mol. The minimum absolute atomic E-state index is 0.126. The Bertz CT molecular complexity index is 640. The number of ketones is 1. The summed E-state index contributed by atoms with van der Waals surface area (Å²) in [7, 11) is 0. The molecule has 2 amide bonds. The van der Waals surface area contributed by atoms with Gasteiger partial charge in [0.2, 0.25) is 0 Å². The fourth-order valence-corrected chi connectivity index (χ4v) is 2.52. The van der Waals surface area contributed by atoms with E-state index >= 15 is 0 Å². The van der Waals surface area contributed by atoms with Gasteiger partial charge in [0, 0.05) is 12.5 Å². The van der Waals surface area contributed by atoms with Crippen LogP contribution in [0.2, 0.25) is 0 Å². The Labute approximate surface area is 160 Å². The largest absolute Gasteiger partial charge is 0.480 e. The van der Waals surface area contributed by atoms with Gasteiger partial charge in [-0.25, -0.2) is 4.79 Å². The lowest BCUT2D eigenvalue weighted by atomic mass is 9.99. The Morgan fingerprint density at radius 2 is 1.74 bits per heavy atom. The van der Waals surface area contributed by atoms with E-state index in [1.807, 2.05) is 58.0 Å². The predicted octanol–water partition coefficient (Wildman–Crippen LogP) is 2.69. The molecule has 0 bridgehead atoms. The number of urea groups is 1. The van der Waals surface area contributed by atoms with E-state index in [9.17, 15) is 14.4 Å². The van der Waals surface area contributed by atoms with Crippen LogP contribution in [0.4, 0.5) is 4.79 Å². The van der Waals surface area contributed by atoms with Crippen LogP contribution in [0.1, 0.15) is 40.2 Å². The van der Waals surface area contributed by atoms with Crippen molar-refractivity contribution in [1.29, 1.82) is 0 Å². The van der Waals surface area contributed by atoms with E-state index in [0.717, 1.165) is 5.56 Å². The second kappa shape index (κ2) is 10.1. The Kier molecular flexibility index (Phi) is 8.43. The van der Waals surface area contributed by atoms with Gasteiger partial charge < -0.3 is 20.1 Å². The van der Waals surface area contributed by atoms with Gasteiger partial charge >= 0.3 is 12.0 Å². The molecule has 1 aromatic rings. The number of ether oxygens (including phenoxy) is 1. The summed E-state index contributed by atoms with van der Waals surface area (Å²) in [4.78, 5) is 37.1. The van der Waals surface area contributed by atoms with Gasteiger partial charge in [0.1, 0.15) is 6.54 Å². The van der Waals surface area contributed by atoms with Gasteiger partial charge in [-0.1, -0.05) is 37.3 Å². The van der Waals surface area contributed by atoms with Crippen LogP contribution in [0.15, 0.2) is 30.3 Å². The number of Topliss-reactive ketones (excluding diaryl/α,β-unsaturated/α-hetero) is 1. The SMILES string of the molecule is C[C@H](C(=O)CN(Cc1ccccc1)C(=O)NCC(=O)O)[C@@H](C)OC(C)(C)C. The number of rotatable bonds is 9. The molecule has 150 valence electrons. The van der Waals surface area contributed by atoms with Crippen molar-refractivity contribution in [2.24, 2.45) is 5.92 Å². The van der Waals surface area contributed by atoms with E-state index in [1.54, 1.807) is 6.92 Å². The molecule has 1 aromatic carbocycles. The molecule has 0 spiro atoms. The topological polar surface area (TPSA) is 95.9 Å². The van der Waals surface area contributed by atoms with Crippen LogP contribution in [0.25, 0.3) is 0 Å². The van der Waals surface area contributed by atoms with Crippen LogP contribution in [0, 0.1) is 5.92 Å². The van der Waals surface area contributed by atoms with Crippen molar-refractivity contribution in [3.63, 3.8) is 0 Å². The summed E-state index contributed by atoms with van der Waals surface area (Å²) in [5.41, 5.74) is 0.471.